The summed E-state index contributed by atoms with van der Waals surface area (Å²) in [5, 5.41) is 3.16. The molecule has 7 nitrogen and oxygen atoms in total. The van der Waals surface area contributed by atoms with Crippen LogP contribution >= 0.6 is 0 Å². The maximum Gasteiger partial charge on any atom is 0.331 e. The van der Waals surface area contributed by atoms with Gasteiger partial charge in [0.1, 0.15) is 5.57 Å². The Balaban J connectivity index is 1.80. The lowest BCUT2D eigenvalue weighted by Gasteiger charge is -2.14. The van der Waals surface area contributed by atoms with Gasteiger partial charge in [-0.25, -0.2) is 9.58 Å². The molecule has 0 unspecified atom stereocenters. The van der Waals surface area contributed by atoms with Gasteiger partial charge in [-0.1, -0.05) is 37.3 Å². The Hall–Kier alpha value is -4.52. The Morgan fingerprint density at radius 3 is 2.22 bits per heavy atom. The van der Waals surface area contributed by atoms with E-state index in [1.54, 1.807) is 22.9 Å². The molecule has 0 saturated carbocycles. The van der Waals surface area contributed by atoms with E-state index in [2.05, 4.69) is 5.10 Å². The van der Waals surface area contributed by atoms with E-state index in [9.17, 15) is 14.4 Å². The molecule has 2 aromatic carbocycles. The molecule has 0 bridgehead atoms. The number of H-pyrrole nitrogens is 1. The van der Waals surface area contributed by atoms with Crippen LogP contribution in [0.25, 0.3) is 17.0 Å². The number of para-hydroxylation sites is 1. The number of benzene rings is 2. The molecule has 1 aliphatic heterocycles. The highest BCUT2D eigenvalue weighted by Gasteiger charge is 2.48. The highest BCUT2D eigenvalue weighted by atomic mass is 16.2. The average molecular weight is 480 g/mol. The fourth-order valence-electron chi connectivity index (χ4n) is 4.56. The predicted molar refractivity (Wildman–Crippen MR) is 139 cm³/mol. The zero-order chi connectivity index (χ0) is 25.6. The molecule has 5 rings (SSSR count). The van der Waals surface area contributed by atoms with Crippen LogP contribution in [0.5, 0.6) is 0 Å². The van der Waals surface area contributed by atoms with Crippen molar-refractivity contribution in [1.29, 1.82) is 0 Å². The molecule has 2 aromatic heterocycles. The van der Waals surface area contributed by atoms with E-state index in [-0.39, 0.29) is 22.4 Å². The molecule has 36 heavy (non-hydrogen) atoms. The van der Waals surface area contributed by atoms with Crippen LogP contribution in [-0.4, -0.2) is 21.6 Å². The molecule has 0 fully saturated rings. The number of anilines is 1. The molecule has 1 N–H and O–H groups in total. The minimum atomic E-state index is -0.516. The van der Waals surface area contributed by atoms with Crippen LogP contribution in [0.3, 0.4) is 0 Å². The summed E-state index contributed by atoms with van der Waals surface area (Å²) in [5.41, 5.74) is 4.76. The first-order chi connectivity index (χ1) is 17.3. The minimum Gasteiger partial charge on any atom is -0.294 e. The van der Waals surface area contributed by atoms with Gasteiger partial charge in [-0.15, -0.1) is 0 Å². The summed E-state index contributed by atoms with van der Waals surface area (Å²) >= 11 is 0. The number of carbonyl (C=O) groups is 2. The van der Waals surface area contributed by atoms with Crippen molar-refractivity contribution in [1.82, 2.24) is 9.78 Å². The van der Waals surface area contributed by atoms with Crippen LogP contribution in [0.1, 0.15) is 34.9 Å². The molecule has 7 heteroatoms. The third-order valence-electron chi connectivity index (χ3n) is 6.60. The maximum atomic E-state index is 14.0. The lowest BCUT2D eigenvalue weighted by molar-refractivity contribution is -0.577. The quantitative estimate of drug-likeness (QED) is 0.349. The number of nitrogens with one attached hydrogen (secondary N) is 1. The van der Waals surface area contributed by atoms with Crippen LogP contribution < -0.4 is 15.0 Å². The van der Waals surface area contributed by atoms with E-state index >= 15 is 0 Å². The fourth-order valence-corrected chi connectivity index (χ4v) is 4.56. The van der Waals surface area contributed by atoms with Gasteiger partial charge in [0, 0.05) is 17.3 Å². The van der Waals surface area contributed by atoms with E-state index in [0.717, 1.165) is 16.7 Å². The van der Waals surface area contributed by atoms with Crippen molar-refractivity contribution in [2.45, 2.75) is 34.1 Å². The van der Waals surface area contributed by atoms with Gasteiger partial charge in [0.2, 0.25) is 0 Å². The zero-order valence-electron chi connectivity index (χ0n) is 20.7. The Kier molecular flexibility index (Phi) is 5.76. The summed E-state index contributed by atoms with van der Waals surface area (Å²) in [6.07, 6.45) is 4.06. The Morgan fingerprint density at radius 2 is 1.56 bits per heavy atom. The molecular weight excluding hydrogens is 452 g/mol. The number of imide groups is 1. The summed E-state index contributed by atoms with van der Waals surface area (Å²) in [5.74, 6) is -0.986. The Morgan fingerprint density at radius 1 is 0.833 bits per heavy atom. The number of nitrogens with zero attached hydrogens (tertiary/aromatic N) is 3. The van der Waals surface area contributed by atoms with Crippen molar-refractivity contribution in [3.05, 3.63) is 111 Å². The number of aryl methyl sites for hydroxylation is 4. The van der Waals surface area contributed by atoms with Gasteiger partial charge in [-0.2, -0.15) is 4.57 Å². The van der Waals surface area contributed by atoms with E-state index in [4.69, 9.17) is 0 Å². The molecule has 0 spiro atoms. The van der Waals surface area contributed by atoms with Crippen LogP contribution in [0.15, 0.2) is 77.9 Å². The lowest BCUT2D eigenvalue weighted by Crippen LogP contribution is -2.40. The molecule has 180 valence electrons. The first-order valence-electron chi connectivity index (χ1n) is 11.9. The zero-order valence-corrected chi connectivity index (χ0v) is 20.7. The van der Waals surface area contributed by atoms with E-state index in [1.165, 1.54) is 9.58 Å². The summed E-state index contributed by atoms with van der Waals surface area (Å²) < 4.78 is 3.09. The van der Waals surface area contributed by atoms with Gasteiger partial charge in [0.25, 0.3) is 17.2 Å². The highest BCUT2D eigenvalue weighted by molar-refractivity contribution is 6.53. The minimum absolute atomic E-state index is 0.0996. The maximum absolute atomic E-state index is 14.0. The van der Waals surface area contributed by atoms with Crippen molar-refractivity contribution < 1.29 is 14.2 Å². The molecule has 1 aliphatic rings. The number of hydrogen-bond acceptors (Lipinski definition) is 3. The van der Waals surface area contributed by atoms with E-state index < -0.39 is 11.8 Å². The van der Waals surface area contributed by atoms with Gasteiger partial charge in [-0.3, -0.25) is 19.5 Å². The van der Waals surface area contributed by atoms with Crippen molar-refractivity contribution in [2.24, 2.45) is 0 Å². The Labute approximate surface area is 208 Å². The van der Waals surface area contributed by atoms with Crippen LogP contribution in [-0.2, 0) is 16.0 Å². The molecule has 4 aromatic rings. The van der Waals surface area contributed by atoms with Crippen LogP contribution in [0, 0.1) is 20.8 Å². The largest absolute Gasteiger partial charge is 0.331 e. The van der Waals surface area contributed by atoms with Crippen LogP contribution in [0.2, 0.25) is 0 Å². The van der Waals surface area contributed by atoms with E-state index in [0.29, 0.717) is 23.5 Å². The number of aromatic amines is 1. The molecule has 3 heterocycles. The summed E-state index contributed by atoms with van der Waals surface area (Å²) in [7, 11) is 0. The summed E-state index contributed by atoms with van der Waals surface area (Å²) in [4.78, 5) is 42.9. The number of pyridine rings is 1. The van der Waals surface area contributed by atoms with Gasteiger partial charge in [0.15, 0.2) is 12.4 Å². The molecule has 0 saturated heterocycles. The summed E-state index contributed by atoms with van der Waals surface area (Å²) in [6.45, 7) is 7.74. The third kappa shape index (κ3) is 3.69. The topological polar surface area (TPSA) is 79.1 Å². The molecule has 0 radical (unpaired) electrons. The van der Waals surface area contributed by atoms with Crippen molar-refractivity contribution in [3.8, 4) is 5.69 Å². The van der Waals surface area contributed by atoms with Crippen molar-refractivity contribution in [3.63, 3.8) is 0 Å². The normalized spacial score (nSPS) is 13.7. The van der Waals surface area contributed by atoms with Gasteiger partial charge >= 0.3 is 5.91 Å². The second-order valence-corrected chi connectivity index (χ2v) is 9.02. The number of hydrogen-bond donors (Lipinski definition) is 1. The average Bonchev–Trinajstić information content (AvgIpc) is 3.33. The molecule has 0 aliphatic carbocycles. The third-order valence-corrected chi connectivity index (χ3v) is 6.60. The summed E-state index contributed by atoms with van der Waals surface area (Å²) in [6, 6.07) is 18.3. The van der Waals surface area contributed by atoms with Crippen LogP contribution in [0.4, 0.5) is 5.69 Å². The monoisotopic (exact) mass is 479 g/mol. The molecular formula is C29H27N4O3+. The molecule has 2 amide bonds. The first kappa shape index (κ1) is 23.2. The predicted octanol–water partition coefficient (Wildman–Crippen LogP) is 3.88. The fraction of sp³-hybridized carbons (Fsp3) is 0.172. The first-order valence-corrected chi connectivity index (χ1v) is 11.9. The van der Waals surface area contributed by atoms with Gasteiger partial charge < -0.3 is 0 Å². The van der Waals surface area contributed by atoms with Crippen molar-refractivity contribution in [2.75, 3.05) is 4.90 Å². The smallest absolute Gasteiger partial charge is 0.294 e. The molecule has 0 atom stereocenters. The van der Waals surface area contributed by atoms with E-state index in [1.807, 2.05) is 82.4 Å². The second kappa shape index (κ2) is 8.92. The number of rotatable bonds is 5. The van der Waals surface area contributed by atoms with Gasteiger partial charge in [0.05, 0.1) is 16.9 Å². The second-order valence-electron chi connectivity index (χ2n) is 9.02. The van der Waals surface area contributed by atoms with Crippen molar-refractivity contribution >= 4 is 28.8 Å². The number of amides is 2. The number of carbonyl (C=O) groups excluding carboxylic acids is 2. The SMILES string of the molecule is CCc1[nH]n(-c2ccccc2)c(=O)c1C1=C([n+]2ccc(C)c(C)c2)C(=O)N(c2cccc(C)c2)C1=O. The van der Waals surface area contributed by atoms with Gasteiger partial charge in [-0.05, 0) is 62.6 Å². The standard InChI is InChI=1S/C29H26N4O3/c1-5-23-24(28(35)33(30-23)21-11-7-6-8-12-21)25-26(31-15-14-19(3)20(4)17-31)29(36)32(27(25)34)22-13-9-10-18(2)16-22/h6-17H,5H2,1-4H3/p+1. The highest BCUT2D eigenvalue weighted by Crippen LogP contribution is 2.34. The number of aromatic nitrogens is 3. The lowest BCUT2D eigenvalue weighted by atomic mass is 10.0. The Bertz CT molecular complexity index is 1610.